The van der Waals surface area contributed by atoms with Crippen LogP contribution in [0.1, 0.15) is 48.6 Å². The van der Waals surface area contributed by atoms with Crippen molar-refractivity contribution in [3.05, 3.63) is 222 Å². The van der Waals surface area contributed by atoms with Gasteiger partial charge in [-0.05, 0) is 115 Å². The van der Waals surface area contributed by atoms with Crippen molar-refractivity contribution >= 4 is 27.8 Å². The third kappa shape index (κ3) is 4.47. The maximum Gasteiger partial charge on any atom is 0.0619 e. The van der Waals surface area contributed by atoms with E-state index in [9.17, 15) is 0 Å². The van der Waals surface area contributed by atoms with Crippen LogP contribution in [0.5, 0.6) is 0 Å². The largest absolute Gasteiger partial charge is 0.309 e. The Labute approximate surface area is 340 Å². The molecule has 0 radical (unpaired) electrons. The summed E-state index contributed by atoms with van der Waals surface area (Å²) in [5.41, 5.74) is 22.3. The maximum atomic E-state index is 2.61. The van der Waals surface area contributed by atoms with E-state index in [0.29, 0.717) is 0 Å². The zero-order valence-corrected chi connectivity index (χ0v) is 32.9. The summed E-state index contributed by atoms with van der Waals surface area (Å²) >= 11 is 0. The average molecular weight is 740 g/mol. The van der Waals surface area contributed by atoms with Crippen molar-refractivity contribution in [1.82, 2.24) is 0 Å². The van der Waals surface area contributed by atoms with E-state index in [0.717, 1.165) is 5.69 Å². The molecule has 2 heterocycles. The van der Waals surface area contributed by atoms with E-state index in [2.05, 4.69) is 220 Å². The molecule has 2 aliphatic carbocycles. The van der Waals surface area contributed by atoms with Crippen LogP contribution in [-0.2, 0) is 10.8 Å². The molecule has 1 nitrogen and oxygen atoms in total. The maximum absolute atomic E-state index is 2.61. The Bertz CT molecular complexity index is 3150. The van der Waals surface area contributed by atoms with E-state index in [-0.39, 0.29) is 10.8 Å². The van der Waals surface area contributed by atoms with Crippen molar-refractivity contribution in [2.45, 2.75) is 31.6 Å². The second-order valence-electron chi connectivity index (χ2n) is 17.0. The Morgan fingerprint density at radius 2 is 0.983 bits per heavy atom. The van der Waals surface area contributed by atoms with Gasteiger partial charge in [0.2, 0.25) is 0 Å². The van der Waals surface area contributed by atoms with Crippen molar-refractivity contribution in [2.24, 2.45) is 0 Å². The minimum atomic E-state index is -0.327. The number of hydrogen-bond donors (Lipinski definition) is 0. The lowest BCUT2D eigenvalue weighted by atomic mass is 9.74. The lowest BCUT2D eigenvalue weighted by Crippen LogP contribution is -2.22. The van der Waals surface area contributed by atoms with Gasteiger partial charge in [-0.1, -0.05) is 178 Å². The van der Waals surface area contributed by atoms with Gasteiger partial charge in [0.15, 0.2) is 0 Å². The van der Waals surface area contributed by atoms with Crippen LogP contribution in [0, 0.1) is 0 Å². The van der Waals surface area contributed by atoms with Gasteiger partial charge in [-0.25, -0.2) is 0 Å². The molecule has 4 aliphatic rings. The van der Waals surface area contributed by atoms with Crippen LogP contribution in [0.4, 0.5) is 17.1 Å². The first-order valence-corrected chi connectivity index (χ1v) is 20.5. The average Bonchev–Trinajstić information content (AvgIpc) is 3.67. The molecule has 4 bridgehead atoms. The first-order chi connectivity index (χ1) is 28.4. The van der Waals surface area contributed by atoms with Crippen LogP contribution >= 0.6 is 0 Å². The van der Waals surface area contributed by atoms with E-state index in [4.69, 9.17) is 0 Å². The summed E-state index contributed by atoms with van der Waals surface area (Å²) in [4.78, 5) is 2.61. The summed E-state index contributed by atoms with van der Waals surface area (Å²) in [5.74, 6) is 0. The minimum absolute atomic E-state index is 0.145. The predicted octanol–water partition coefficient (Wildman–Crippen LogP) is 15.3. The van der Waals surface area contributed by atoms with E-state index < -0.39 is 0 Å². The molecule has 9 aromatic rings. The van der Waals surface area contributed by atoms with Crippen LogP contribution in [-0.4, -0.2) is 0 Å². The third-order valence-corrected chi connectivity index (χ3v) is 13.7. The zero-order chi connectivity index (χ0) is 38.8. The molecule has 0 saturated carbocycles. The van der Waals surface area contributed by atoms with Crippen molar-refractivity contribution in [2.75, 3.05) is 4.90 Å². The summed E-state index contributed by atoms with van der Waals surface area (Å²) < 4.78 is 0. The third-order valence-electron chi connectivity index (χ3n) is 13.7. The van der Waals surface area contributed by atoms with Crippen molar-refractivity contribution < 1.29 is 0 Å². The normalized spacial score (nSPS) is 16.4. The van der Waals surface area contributed by atoms with Gasteiger partial charge in [0, 0.05) is 33.2 Å². The van der Waals surface area contributed by atoms with Crippen LogP contribution in [0.2, 0.25) is 0 Å². The predicted molar refractivity (Wildman–Crippen MR) is 243 cm³/mol. The molecule has 0 spiro atoms. The van der Waals surface area contributed by atoms with Crippen LogP contribution < -0.4 is 4.90 Å². The smallest absolute Gasteiger partial charge is 0.0619 e. The molecule has 0 fully saturated rings. The lowest BCUT2D eigenvalue weighted by molar-refractivity contribution is 0.660. The Hall–Kier alpha value is -6.96. The molecule has 58 heavy (non-hydrogen) atoms. The van der Waals surface area contributed by atoms with Crippen LogP contribution in [0.25, 0.3) is 66.4 Å². The topological polar surface area (TPSA) is 3.24 Å². The highest BCUT2D eigenvalue weighted by Gasteiger charge is 2.43. The number of hydrogen-bond acceptors (Lipinski definition) is 1. The number of anilines is 3. The standard InChI is InChI=1S/C57H41N/c1-56(2)49-23-11-10-21-46(49)54-51(56)25-14-26-53(54)58-41-31-32-45-44-20-9-12-24-50(44)57(3,52(45)35-41)40-29-27-38(28-30-40)48-34-39(33-47(55(48)58)37-15-5-4-6-16-37)43-22-13-18-36-17-7-8-19-42(36)43/h4-35H,1-3H3. The molecule has 274 valence electrons. The van der Waals surface area contributed by atoms with Crippen LogP contribution in [0.15, 0.2) is 194 Å². The molecule has 13 rings (SSSR count). The van der Waals surface area contributed by atoms with Crippen molar-refractivity contribution in [1.29, 1.82) is 0 Å². The fraction of sp³-hybridized carbons (Fsp3) is 0.0877. The second kappa shape index (κ2) is 12.0. The van der Waals surface area contributed by atoms with Gasteiger partial charge < -0.3 is 4.90 Å². The minimum Gasteiger partial charge on any atom is -0.309 e. The van der Waals surface area contributed by atoms with Gasteiger partial charge in [-0.15, -0.1) is 0 Å². The quantitative estimate of drug-likeness (QED) is 0.174. The Morgan fingerprint density at radius 3 is 1.79 bits per heavy atom. The summed E-state index contributed by atoms with van der Waals surface area (Å²) in [6.45, 7) is 7.19. The first-order valence-electron chi connectivity index (χ1n) is 20.5. The first kappa shape index (κ1) is 33.2. The number of fused-ring (bicyclic) bond motifs is 8. The number of benzene rings is 9. The van der Waals surface area contributed by atoms with E-state index >= 15 is 0 Å². The lowest BCUT2D eigenvalue weighted by Gasteiger charge is -2.33. The molecule has 1 atom stereocenters. The fourth-order valence-corrected chi connectivity index (χ4v) is 10.8. The highest BCUT2D eigenvalue weighted by Crippen LogP contribution is 2.59. The van der Waals surface area contributed by atoms with Crippen molar-refractivity contribution in [3.63, 3.8) is 0 Å². The molecule has 0 amide bonds. The Balaban J connectivity index is 1.26. The number of nitrogens with zero attached hydrogens (tertiary/aromatic N) is 1. The molecular formula is C57H41N. The van der Waals surface area contributed by atoms with E-state index in [1.54, 1.807) is 0 Å². The summed E-state index contributed by atoms with van der Waals surface area (Å²) in [6.07, 6.45) is 0. The van der Waals surface area contributed by atoms with Crippen molar-refractivity contribution in [3.8, 4) is 55.6 Å². The molecule has 1 unspecified atom stereocenters. The van der Waals surface area contributed by atoms with Crippen LogP contribution in [0.3, 0.4) is 0 Å². The second-order valence-corrected chi connectivity index (χ2v) is 17.0. The van der Waals surface area contributed by atoms with E-state index in [1.807, 2.05) is 0 Å². The molecule has 9 aromatic carbocycles. The Kier molecular flexibility index (Phi) is 6.88. The van der Waals surface area contributed by atoms with E-state index in [1.165, 1.54) is 106 Å². The zero-order valence-electron chi connectivity index (χ0n) is 32.9. The summed E-state index contributed by atoms with van der Waals surface area (Å²) in [7, 11) is 0. The van der Waals surface area contributed by atoms with Gasteiger partial charge in [-0.3, -0.25) is 0 Å². The van der Waals surface area contributed by atoms with Gasteiger partial charge in [0.05, 0.1) is 11.4 Å². The monoisotopic (exact) mass is 739 g/mol. The highest BCUT2D eigenvalue weighted by atomic mass is 15.2. The van der Waals surface area contributed by atoms with Gasteiger partial charge in [-0.2, -0.15) is 0 Å². The molecule has 1 heteroatoms. The molecule has 0 saturated heterocycles. The van der Waals surface area contributed by atoms with Gasteiger partial charge >= 0.3 is 0 Å². The number of rotatable bonds is 3. The van der Waals surface area contributed by atoms with Gasteiger partial charge in [0.25, 0.3) is 0 Å². The molecular weight excluding hydrogens is 699 g/mol. The molecule has 0 N–H and O–H groups in total. The summed E-state index contributed by atoms with van der Waals surface area (Å²) in [5, 5.41) is 2.50. The molecule has 0 aromatic heterocycles. The summed E-state index contributed by atoms with van der Waals surface area (Å²) in [6, 6.07) is 73.3. The van der Waals surface area contributed by atoms with Gasteiger partial charge in [0.1, 0.15) is 0 Å². The SMILES string of the molecule is CC1(C)c2ccccc2-c2c(N3c4ccc5c(c4)C(C)(c4ccc(cc4)-c4cc(-c6cccc7ccccc67)cc(-c6ccccc6)c43)c3ccccc3-5)cccc21. The fourth-order valence-electron chi connectivity index (χ4n) is 10.8. The highest BCUT2D eigenvalue weighted by molar-refractivity contribution is 6.06. The Morgan fingerprint density at radius 1 is 0.379 bits per heavy atom. The molecule has 2 aliphatic heterocycles.